The largest absolute Gasteiger partial charge is 0.255 e. The average molecular weight is 237 g/mol. The predicted molar refractivity (Wildman–Crippen MR) is 74.4 cm³/mol. The number of unbranched alkanes of at least 4 members (excludes halogenated alkanes) is 1. The lowest BCUT2D eigenvalue weighted by Gasteiger charge is -2.03. The van der Waals surface area contributed by atoms with E-state index < -0.39 is 0 Å². The molecule has 3 rings (SSSR count). The normalized spacial score (nSPS) is 11.2. The third-order valence-electron chi connectivity index (χ3n) is 3.38. The van der Waals surface area contributed by atoms with Crippen LogP contribution in [-0.4, -0.2) is 4.98 Å². The topological polar surface area (TPSA) is 16.8 Å². The summed E-state index contributed by atoms with van der Waals surface area (Å²) in [5, 5.41) is 2.45. The second-order valence-electron chi connectivity index (χ2n) is 4.63. The number of aromatic nitrogens is 2. The molecule has 0 fully saturated rings. The van der Waals surface area contributed by atoms with E-state index in [-0.39, 0.29) is 0 Å². The number of hydrogen-bond donors (Lipinski definition) is 0. The van der Waals surface area contributed by atoms with E-state index in [2.05, 4.69) is 53.0 Å². The van der Waals surface area contributed by atoms with Crippen molar-refractivity contribution < 1.29 is 4.57 Å². The molecule has 90 valence electrons. The van der Waals surface area contributed by atoms with E-state index in [0.29, 0.717) is 0 Å². The van der Waals surface area contributed by atoms with Crippen LogP contribution in [0.1, 0.15) is 19.8 Å². The van der Waals surface area contributed by atoms with Crippen LogP contribution in [0.5, 0.6) is 0 Å². The van der Waals surface area contributed by atoms with Crippen LogP contribution in [0.15, 0.2) is 48.8 Å². The molecular weight excluding hydrogens is 220 g/mol. The molecule has 0 unspecified atom stereocenters. The van der Waals surface area contributed by atoms with Crippen molar-refractivity contribution in [2.75, 3.05) is 0 Å². The molecule has 0 aliphatic heterocycles. The summed E-state index contributed by atoms with van der Waals surface area (Å²) in [5.74, 6) is 0. The van der Waals surface area contributed by atoms with Gasteiger partial charge in [0.2, 0.25) is 5.52 Å². The van der Waals surface area contributed by atoms with E-state index in [1.807, 2.05) is 12.3 Å². The Morgan fingerprint density at radius 1 is 1.11 bits per heavy atom. The molecule has 18 heavy (non-hydrogen) atoms. The molecule has 0 aliphatic carbocycles. The molecule has 2 nitrogen and oxygen atoms in total. The Morgan fingerprint density at radius 2 is 2.06 bits per heavy atom. The highest BCUT2D eigenvalue weighted by atomic mass is 14.9. The number of fused-ring (bicyclic) bond motifs is 3. The first-order valence-electron chi connectivity index (χ1n) is 6.56. The fourth-order valence-corrected chi connectivity index (χ4v) is 2.42. The molecule has 0 spiro atoms. The lowest BCUT2D eigenvalue weighted by atomic mass is 10.1. The van der Waals surface area contributed by atoms with Crippen LogP contribution in [0.3, 0.4) is 0 Å². The molecule has 1 aromatic carbocycles. The number of pyridine rings is 2. The minimum Gasteiger partial charge on any atom is -0.255 e. The maximum Gasteiger partial charge on any atom is 0.214 e. The second-order valence-corrected chi connectivity index (χ2v) is 4.63. The third-order valence-corrected chi connectivity index (χ3v) is 3.38. The summed E-state index contributed by atoms with van der Waals surface area (Å²) in [5.41, 5.74) is 2.37. The Labute approximate surface area is 107 Å². The average Bonchev–Trinajstić information content (AvgIpc) is 2.44. The maximum absolute atomic E-state index is 4.52. The van der Waals surface area contributed by atoms with Gasteiger partial charge in [-0.15, -0.1) is 0 Å². The summed E-state index contributed by atoms with van der Waals surface area (Å²) in [6, 6.07) is 12.7. The van der Waals surface area contributed by atoms with Gasteiger partial charge in [-0.05, 0) is 18.2 Å². The number of benzene rings is 1. The molecule has 2 heteroatoms. The van der Waals surface area contributed by atoms with Gasteiger partial charge in [-0.2, -0.15) is 4.57 Å². The van der Waals surface area contributed by atoms with Gasteiger partial charge >= 0.3 is 0 Å². The van der Waals surface area contributed by atoms with Crippen molar-refractivity contribution in [3.05, 3.63) is 48.8 Å². The van der Waals surface area contributed by atoms with Crippen LogP contribution in [0, 0.1) is 0 Å². The standard InChI is InChI=1S/C16H17N2/c1-2-3-11-18-12-5-7-14-15(18)9-8-13-6-4-10-17-16(13)14/h4-10,12H,2-3,11H2,1H3/q+1. The fourth-order valence-electron chi connectivity index (χ4n) is 2.42. The monoisotopic (exact) mass is 237 g/mol. The van der Waals surface area contributed by atoms with E-state index in [9.17, 15) is 0 Å². The fraction of sp³-hybridized carbons (Fsp3) is 0.250. The van der Waals surface area contributed by atoms with Crippen molar-refractivity contribution >= 4 is 21.8 Å². The molecule has 0 radical (unpaired) electrons. The van der Waals surface area contributed by atoms with Gasteiger partial charge in [0.25, 0.3) is 0 Å². The van der Waals surface area contributed by atoms with Gasteiger partial charge in [0.05, 0.1) is 10.9 Å². The van der Waals surface area contributed by atoms with Crippen molar-refractivity contribution in [3.8, 4) is 0 Å². The van der Waals surface area contributed by atoms with Crippen LogP contribution < -0.4 is 4.57 Å². The Morgan fingerprint density at radius 3 is 2.94 bits per heavy atom. The highest BCUT2D eigenvalue weighted by Gasteiger charge is 2.10. The van der Waals surface area contributed by atoms with Crippen molar-refractivity contribution in [3.63, 3.8) is 0 Å². The summed E-state index contributed by atoms with van der Waals surface area (Å²) in [7, 11) is 0. The summed E-state index contributed by atoms with van der Waals surface area (Å²) < 4.78 is 2.33. The Hall–Kier alpha value is -1.96. The third kappa shape index (κ3) is 1.84. The molecule has 0 amide bonds. The lowest BCUT2D eigenvalue weighted by Crippen LogP contribution is -2.33. The Bertz CT molecular complexity index is 689. The highest BCUT2D eigenvalue weighted by molar-refractivity contribution is 6.02. The zero-order valence-corrected chi connectivity index (χ0v) is 10.6. The van der Waals surface area contributed by atoms with Crippen molar-refractivity contribution in [1.29, 1.82) is 0 Å². The summed E-state index contributed by atoms with van der Waals surface area (Å²) in [6.07, 6.45) is 6.46. The second kappa shape index (κ2) is 4.73. The van der Waals surface area contributed by atoms with Gasteiger partial charge in [0, 0.05) is 30.1 Å². The number of aryl methyl sites for hydroxylation is 1. The molecule has 3 aromatic rings. The Balaban J connectivity index is 2.26. The van der Waals surface area contributed by atoms with Crippen molar-refractivity contribution in [2.45, 2.75) is 26.3 Å². The summed E-state index contributed by atoms with van der Waals surface area (Å²) in [6.45, 7) is 3.30. The highest BCUT2D eigenvalue weighted by Crippen LogP contribution is 2.20. The molecular formula is C16H17N2+. The van der Waals surface area contributed by atoms with Crippen LogP contribution in [0.2, 0.25) is 0 Å². The predicted octanol–water partition coefficient (Wildman–Crippen LogP) is 3.48. The lowest BCUT2D eigenvalue weighted by molar-refractivity contribution is -0.671. The SMILES string of the molecule is CCCC[n+]1cccc2c3ncccc3ccc21. The quantitative estimate of drug-likeness (QED) is 0.503. The molecule has 0 bridgehead atoms. The van der Waals surface area contributed by atoms with Crippen LogP contribution in [-0.2, 0) is 6.54 Å². The van der Waals surface area contributed by atoms with E-state index in [4.69, 9.17) is 0 Å². The van der Waals surface area contributed by atoms with E-state index in [0.717, 1.165) is 12.1 Å². The number of nitrogens with zero attached hydrogens (tertiary/aromatic N) is 2. The number of rotatable bonds is 3. The number of hydrogen-bond acceptors (Lipinski definition) is 1. The molecule has 0 atom stereocenters. The van der Waals surface area contributed by atoms with Crippen molar-refractivity contribution in [2.24, 2.45) is 0 Å². The van der Waals surface area contributed by atoms with E-state index in [1.165, 1.54) is 29.1 Å². The minimum atomic E-state index is 1.08. The zero-order valence-electron chi connectivity index (χ0n) is 10.6. The molecule has 0 N–H and O–H groups in total. The molecule has 0 saturated heterocycles. The van der Waals surface area contributed by atoms with E-state index in [1.54, 1.807) is 0 Å². The maximum atomic E-state index is 4.52. The smallest absolute Gasteiger partial charge is 0.214 e. The van der Waals surface area contributed by atoms with Gasteiger partial charge in [-0.25, -0.2) is 0 Å². The Kier molecular flexibility index (Phi) is 2.93. The molecule has 2 heterocycles. The molecule has 2 aromatic heterocycles. The molecule has 0 saturated carbocycles. The zero-order chi connectivity index (χ0) is 12.4. The van der Waals surface area contributed by atoms with Crippen LogP contribution in [0.4, 0.5) is 0 Å². The van der Waals surface area contributed by atoms with E-state index >= 15 is 0 Å². The van der Waals surface area contributed by atoms with Gasteiger partial charge < -0.3 is 0 Å². The first-order chi connectivity index (χ1) is 8.90. The van der Waals surface area contributed by atoms with Gasteiger partial charge in [0.15, 0.2) is 6.20 Å². The summed E-state index contributed by atoms with van der Waals surface area (Å²) >= 11 is 0. The van der Waals surface area contributed by atoms with Crippen molar-refractivity contribution in [1.82, 2.24) is 4.98 Å². The minimum absolute atomic E-state index is 1.08. The molecule has 0 aliphatic rings. The van der Waals surface area contributed by atoms with Gasteiger partial charge in [0.1, 0.15) is 6.54 Å². The van der Waals surface area contributed by atoms with Gasteiger partial charge in [-0.3, -0.25) is 4.98 Å². The van der Waals surface area contributed by atoms with Gasteiger partial charge in [-0.1, -0.05) is 19.4 Å². The van der Waals surface area contributed by atoms with Crippen LogP contribution >= 0.6 is 0 Å². The summed E-state index contributed by atoms with van der Waals surface area (Å²) in [4.78, 5) is 4.52. The first-order valence-corrected chi connectivity index (χ1v) is 6.56. The van der Waals surface area contributed by atoms with Crippen LogP contribution in [0.25, 0.3) is 21.8 Å². The first kappa shape index (κ1) is 11.1.